The maximum absolute atomic E-state index is 13.8. The number of nitrogens with two attached hydrogens (primary N) is 1. The van der Waals surface area contributed by atoms with Crippen LogP contribution in [0, 0.1) is 11.3 Å². The summed E-state index contributed by atoms with van der Waals surface area (Å²) in [4.78, 5) is 15.5. The number of aromatic nitrogens is 4. The van der Waals surface area contributed by atoms with Gasteiger partial charge in [0.25, 0.3) is 0 Å². The van der Waals surface area contributed by atoms with E-state index in [-0.39, 0.29) is 17.2 Å². The molecule has 0 amide bonds. The van der Waals surface area contributed by atoms with Crippen molar-refractivity contribution in [2.45, 2.75) is 55.2 Å². The first-order valence-electron chi connectivity index (χ1n) is 13.8. The highest BCUT2D eigenvalue weighted by Gasteiger charge is 2.43. The van der Waals surface area contributed by atoms with E-state index in [1.165, 1.54) is 11.3 Å². The van der Waals surface area contributed by atoms with Crippen molar-refractivity contribution >= 4 is 57.2 Å². The van der Waals surface area contributed by atoms with Crippen LogP contribution in [0.2, 0.25) is 10.0 Å². The molecule has 0 spiro atoms. The number of benzene rings is 2. The molecule has 2 aliphatic rings. The molecule has 0 fully saturated rings. The van der Waals surface area contributed by atoms with Crippen molar-refractivity contribution < 1.29 is 4.79 Å². The molecule has 2 aromatic heterocycles. The van der Waals surface area contributed by atoms with E-state index in [0.29, 0.717) is 57.5 Å². The van der Waals surface area contributed by atoms with Crippen LogP contribution in [0.5, 0.6) is 0 Å². The Balaban J connectivity index is 1.52. The molecule has 1 atom stereocenters. The lowest BCUT2D eigenvalue weighted by Crippen LogP contribution is -2.38. The zero-order chi connectivity index (χ0) is 30.2. The minimum atomic E-state index is -0.689. The maximum atomic E-state index is 13.8. The van der Waals surface area contributed by atoms with Gasteiger partial charge in [0.2, 0.25) is 5.13 Å². The van der Waals surface area contributed by atoms with Gasteiger partial charge in [-0.15, -0.1) is 10.2 Å². The highest BCUT2D eigenvalue weighted by atomic mass is 35.5. The Morgan fingerprint density at radius 1 is 1.16 bits per heavy atom. The van der Waals surface area contributed by atoms with E-state index in [2.05, 4.69) is 30.1 Å². The lowest BCUT2D eigenvalue weighted by atomic mass is 9.75. The number of thioether (sulfide) groups is 1. The number of Topliss-reactive ketones (excluding diaryl/α,β-unsaturated/α-hetero) is 1. The number of carbonyl (C=O) groups excluding carboxylic acids is 1. The molecule has 2 N–H and O–H groups in total. The number of halogens is 2. The monoisotopic (exact) mass is 647 g/mol. The quantitative estimate of drug-likeness (QED) is 0.204. The molecule has 218 valence electrons. The van der Waals surface area contributed by atoms with Crippen molar-refractivity contribution in [1.82, 2.24) is 20.0 Å². The Bertz CT molecular complexity index is 1820. The van der Waals surface area contributed by atoms with Crippen LogP contribution in [0.4, 0.5) is 5.13 Å². The number of nitriles is 1. The van der Waals surface area contributed by atoms with Gasteiger partial charge < -0.3 is 5.73 Å². The van der Waals surface area contributed by atoms with Crippen LogP contribution in [0.15, 0.2) is 81.7 Å². The van der Waals surface area contributed by atoms with E-state index in [0.717, 1.165) is 26.7 Å². The first-order valence-corrected chi connectivity index (χ1v) is 16.2. The van der Waals surface area contributed by atoms with Gasteiger partial charge in [0.1, 0.15) is 5.82 Å². The number of rotatable bonds is 7. The molecule has 6 rings (SSSR count). The summed E-state index contributed by atoms with van der Waals surface area (Å²) >= 11 is 15.7. The molecule has 3 heterocycles. The van der Waals surface area contributed by atoms with Gasteiger partial charge in [-0.25, -0.2) is 0 Å². The third-order valence-electron chi connectivity index (χ3n) is 7.33. The van der Waals surface area contributed by atoms with Crippen LogP contribution in [0.3, 0.4) is 0 Å². The fourth-order valence-electron chi connectivity index (χ4n) is 5.53. The van der Waals surface area contributed by atoms with Crippen molar-refractivity contribution in [2.24, 2.45) is 5.73 Å². The standard InChI is InChI=1S/C31H27Cl2N7OS2/c1-17(2)42-31-37-36-30(43-31)40-24-9-6-10-25(41)27(24)26(21(14-34)29(40)35)22-16-39(15-19-11-12-20(32)13-23(19)33)38-28(22)18-7-4-3-5-8-18/h3-5,7-8,11-13,16-17,26H,6,9-10,15,35H2,1-2H3/t26-/m0/s1. The SMILES string of the molecule is CC(C)Sc1nnc(N2C(N)=C(C#N)[C@@H](c3cn(Cc4ccc(Cl)cc4Cl)nc3-c3ccccc3)C3=C2CCCC3=O)s1. The lowest BCUT2D eigenvalue weighted by Gasteiger charge is -2.37. The van der Waals surface area contributed by atoms with Crippen molar-refractivity contribution in [3.63, 3.8) is 0 Å². The van der Waals surface area contributed by atoms with Crippen molar-refractivity contribution in [3.8, 4) is 17.3 Å². The summed E-state index contributed by atoms with van der Waals surface area (Å²) in [6.07, 6.45) is 3.59. The van der Waals surface area contributed by atoms with Crippen LogP contribution in [0.1, 0.15) is 50.2 Å². The molecule has 4 aromatic rings. The molecule has 0 unspecified atom stereocenters. The molecule has 12 heteroatoms. The second-order valence-electron chi connectivity index (χ2n) is 10.6. The number of carbonyl (C=O) groups is 1. The van der Waals surface area contributed by atoms with Gasteiger partial charge >= 0.3 is 0 Å². The molecule has 8 nitrogen and oxygen atoms in total. The highest BCUT2D eigenvalue weighted by Crippen LogP contribution is 2.49. The zero-order valence-corrected chi connectivity index (χ0v) is 26.6. The highest BCUT2D eigenvalue weighted by molar-refractivity contribution is 8.01. The molecule has 43 heavy (non-hydrogen) atoms. The predicted molar refractivity (Wildman–Crippen MR) is 172 cm³/mol. The molecular weight excluding hydrogens is 621 g/mol. The summed E-state index contributed by atoms with van der Waals surface area (Å²) in [7, 11) is 0. The second-order valence-corrected chi connectivity index (χ2v) is 14.2. The average Bonchev–Trinajstić information content (AvgIpc) is 3.61. The number of hydrogen-bond donors (Lipinski definition) is 1. The molecule has 0 radical (unpaired) electrons. The number of nitrogens with zero attached hydrogens (tertiary/aromatic N) is 6. The van der Waals surface area contributed by atoms with E-state index < -0.39 is 5.92 Å². The predicted octanol–water partition coefficient (Wildman–Crippen LogP) is 7.56. The fraction of sp³-hybridized carbons (Fsp3) is 0.258. The van der Waals surface area contributed by atoms with Gasteiger partial charge in [0.05, 0.1) is 29.8 Å². The number of hydrogen-bond acceptors (Lipinski definition) is 9. The lowest BCUT2D eigenvalue weighted by molar-refractivity contribution is -0.116. The maximum Gasteiger partial charge on any atom is 0.219 e. The Hall–Kier alpha value is -3.62. The van der Waals surface area contributed by atoms with Gasteiger partial charge in [-0.1, -0.05) is 96.5 Å². The molecule has 0 bridgehead atoms. The van der Waals surface area contributed by atoms with Crippen LogP contribution in [-0.4, -0.2) is 31.0 Å². The Kier molecular flexibility index (Phi) is 8.34. The van der Waals surface area contributed by atoms with Crippen molar-refractivity contribution in [2.75, 3.05) is 4.90 Å². The number of allylic oxidation sites excluding steroid dienone is 3. The normalized spacial score (nSPS) is 17.1. The smallest absolute Gasteiger partial charge is 0.219 e. The second kappa shape index (κ2) is 12.2. The van der Waals surface area contributed by atoms with Crippen molar-refractivity contribution in [1.29, 1.82) is 5.26 Å². The molecular formula is C31H27Cl2N7OS2. The zero-order valence-electron chi connectivity index (χ0n) is 23.4. The van der Waals surface area contributed by atoms with Crippen LogP contribution in [-0.2, 0) is 11.3 Å². The van der Waals surface area contributed by atoms with Crippen molar-refractivity contribution in [3.05, 3.63) is 98.6 Å². The Labute approximate surface area is 267 Å². The van der Waals surface area contributed by atoms with E-state index in [9.17, 15) is 10.1 Å². The first-order chi connectivity index (χ1) is 20.7. The summed E-state index contributed by atoms with van der Waals surface area (Å²) < 4.78 is 2.59. The van der Waals surface area contributed by atoms with Crippen LogP contribution < -0.4 is 10.6 Å². The van der Waals surface area contributed by atoms with Crippen LogP contribution >= 0.6 is 46.3 Å². The topological polar surface area (TPSA) is 114 Å². The van der Waals surface area contributed by atoms with E-state index >= 15 is 0 Å². The minimum Gasteiger partial charge on any atom is -0.384 e. The fourth-order valence-corrected chi connectivity index (χ4v) is 8.10. The number of ketones is 1. The Morgan fingerprint density at radius 3 is 2.67 bits per heavy atom. The molecule has 1 aliphatic heterocycles. The first kappa shape index (κ1) is 29.5. The summed E-state index contributed by atoms with van der Waals surface area (Å²) in [5, 5.41) is 26.3. The molecule has 0 saturated heterocycles. The number of anilines is 1. The molecule has 0 saturated carbocycles. The van der Waals surface area contributed by atoms with Gasteiger partial charge in [-0.05, 0) is 30.5 Å². The summed E-state index contributed by atoms with van der Waals surface area (Å²) in [5.41, 5.74) is 11.5. The van der Waals surface area contributed by atoms with Gasteiger partial charge in [0, 0.05) is 50.3 Å². The van der Waals surface area contributed by atoms with E-state index in [1.54, 1.807) is 33.5 Å². The third kappa shape index (κ3) is 5.70. The van der Waals surface area contributed by atoms with Gasteiger partial charge in [0.15, 0.2) is 10.1 Å². The van der Waals surface area contributed by atoms with E-state index in [1.807, 2.05) is 42.6 Å². The van der Waals surface area contributed by atoms with Gasteiger partial charge in [-0.2, -0.15) is 10.4 Å². The summed E-state index contributed by atoms with van der Waals surface area (Å²) in [5.74, 6) is -0.442. The minimum absolute atomic E-state index is 0.00898. The van der Waals surface area contributed by atoms with Crippen LogP contribution in [0.25, 0.3) is 11.3 Å². The average molecular weight is 649 g/mol. The summed E-state index contributed by atoms with van der Waals surface area (Å²) in [6, 6.07) is 17.4. The summed E-state index contributed by atoms with van der Waals surface area (Å²) in [6.45, 7) is 4.55. The Morgan fingerprint density at radius 2 is 1.95 bits per heavy atom. The molecule has 2 aromatic carbocycles. The largest absolute Gasteiger partial charge is 0.384 e. The van der Waals surface area contributed by atoms with E-state index in [4.69, 9.17) is 34.0 Å². The van der Waals surface area contributed by atoms with Gasteiger partial charge in [-0.3, -0.25) is 14.4 Å². The molecule has 1 aliphatic carbocycles. The third-order valence-corrected chi connectivity index (χ3v) is 9.92.